The summed E-state index contributed by atoms with van der Waals surface area (Å²) in [5.74, 6) is 0.194. The maximum Gasteiger partial charge on any atom is 0.253 e. The maximum absolute atomic E-state index is 12.6. The fourth-order valence-corrected chi connectivity index (χ4v) is 3.77. The number of hydrogen-bond acceptors (Lipinski definition) is 3. The van der Waals surface area contributed by atoms with Crippen LogP contribution < -0.4 is 5.73 Å². The number of nitrogens with zero attached hydrogens (tertiary/aromatic N) is 2. The molecule has 0 bridgehead atoms. The van der Waals surface area contributed by atoms with Crippen molar-refractivity contribution in [1.82, 2.24) is 9.80 Å². The molecule has 2 aliphatic heterocycles. The van der Waals surface area contributed by atoms with Crippen molar-refractivity contribution in [2.75, 3.05) is 32.7 Å². The zero-order chi connectivity index (χ0) is 16.3. The summed E-state index contributed by atoms with van der Waals surface area (Å²) in [6, 6.07) is 8.18. The van der Waals surface area contributed by atoms with Gasteiger partial charge in [-0.1, -0.05) is 19.1 Å². The number of carbonyl (C=O) groups is 1. The van der Waals surface area contributed by atoms with E-state index in [1.807, 2.05) is 17.0 Å². The van der Waals surface area contributed by atoms with Crippen LogP contribution >= 0.6 is 12.4 Å². The van der Waals surface area contributed by atoms with Gasteiger partial charge in [0.15, 0.2) is 0 Å². The van der Waals surface area contributed by atoms with E-state index in [1.54, 1.807) is 0 Å². The Morgan fingerprint density at radius 2 is 1.96 bits per heavy atom. The number of rotatable bonds is 4. The topological polar surface area (TPSA) is 49.6 Å². The highest BCUT2D eigenvalue weighted by molar-refractivity contribution is 5.94. The van der Waals surface area contributed by atoms with Crippen LogP contribution in [0.15, 0.2) is 24.3 Å². The molecule has 0 aromatic heterocycles. The number of likely N-dealkylation sites (tertiary alicyclic amines) is 2. The molecular weight excluding hydrogens is 322 g/mol. The second kappa shape index (κ2) is 8.32. The Kier molecular flexibility index (Phi) is 6.67. The van der Waals surface area contributed by atoms with Gasteiger partial charge in [-0.05, 0) is 61.9 Å². The summed E-state index contributed by atoms with van der Waals surface area (Å²) < 4.78 is 0. The summed E-state index contributed by atoms with van der Waals surface area (Å²) in [5.41, 5.74) is 8.21. The van der Waals surface area contributed by atoms with Crippen LogP contribution in [-0.4, -0.2) is 48.4 Å². The molecule has 2 N–H and O–H groups in total. The smallest absolute Gasteiger partial charge is 0.253 e. The lowest BCUT2D eigenvalue weighted by Gasteiger charge is -2.27. The third-order valence-corrected chi connectivity index (χ3v) is 5.35. The van der Waals surface area contributed by atoms with Crippen molar-refractivity contribution in [3.05, 3.63) is 35.4 Å². The first kappa shape index (κ1) is 19.2. The van der Waals surface area contributed by atoms with Crippen LogP contribution in [-0.2, 0) is 6.54 Å². The Balaban J connectivity index is 0.00000208. The molecule has 1 aromatic carbocycles. The fraction of sp³-hybridized carbons (Fsp3) is 0.632. The molecule has 0 spiro atoms. The average molecular weight is 352 g/mol. The summed E-state index contributed by atoms with van der Waals surface area (Å²) in [6.07, 6.45) is 4.68. The predicted octanol–water partition coefficient (Wildman–Crippen LogP) is 2.91. The number of benzene rings is 1. The molecule has 2 heterocycles. The van der Waals surface area contributed by atoms with Gasteiger partial charge in [-0.15, -0.1) is 12.4 Å². The molecule has 24 heavy (non-hydrogen) atoms. The van der Waals surface area contributed by atoms with E-state index in [0.717, 1.165) is 64.1 Å². The molecule has 2 aliphatic rings. The van der Waals surface area contributed by atoms with E-state index in [1.165, 1.54) is 12.0 Å². The highest BCUT2D eigenvalue weighted by Gasteiger charge is 2.32. The molecule has 0 radical (unpaired) electrons. The third-order valence-electron chi connectivity index (χ3n) is 5.35. The van der Waals surface area contributed by atoms with E-state index in [9.17, 15) is 4.79 Å². The normalized spacial score (nSPS) is 24.7. The number of piperidine rings is 1. The molecule has 1 aromatic rings. The predicted molar refractivity (Wildman–Crippen MR) is 100 cm³/mol. The molecule has 134 valence electrons. The van der Waals surface area contributed by atoms with E-state index < -0.39 is 0 Å². The Labute approximate surface area is 151 Å². The van der Waals surface area contributed by atoms with E-state index in [-0.39, 0.29) is 23.7 Å². The summed E-state index contributed by atoms with van der Waals surface area (Å²) in [7, 11) is 0. The van der Waals surface area contributed by atoms with Crippen molar-refractivity contribution in [2.24, 2.45) is 11.1 Å². The Hall–Kier alpha value is -1.10. The van der Waals surface area contributed by atoms with Gasteiger partial charge in [0.1, 0.15) is 0 Å². The fourth-order valence-electron chi connectivity index (χ4n) is 3.77. The Bertz CT molecular complexity index is 559. The molecule has 0 aliphatic carbocycles. The lowest BCUT2D eigenvalue weighted by atomic mass is 9.90. The van der Waals surface area contributed by atoms with Gasteiger partial charge in [-0.2, -0.15) is 0 Å². The largest absolute Gasteiger partial charge is 0.339 e. The maximum atomic E-state index is 12.6. The van der Waals surface area contributed by atoms with Gasteiger partial charge >= 0.3 is 0 Å². The molecular formula is C19H30ClN3O. The molecule has 1 atom stereocenters. The van der Waals surface area contributed by atoms with Crippen molar-refractivity contribution >= 4 is 18.3 Å². The molecule has 3 rings (SSSR count). The summed E-state index contributed by atoms with van der Waals surface area (Å²) >= 11 is 0. The van der Waals surface area contributed by atoms with E-state index in [0.29, 0.717) is 0 Å². The Morgan fingerprint density at radius 3 is 2.62 bits per heavy atom. The molecule has 2 fully saturated rings. The van der Waals surface area contributed by atoms with Gasteiger partial charge in [0.25, 0.3) is 5.91 Å². The van der Waals surface area contributed by atoms with E-state index in [2.05, 4.69) is 24.0 Å². The third kappa shape index (κ3) is 4.50. The van der Waals surface area contributed by atoms with Gasteiger partial charge in [0, 0.05) is 31.7 Å². The number of carbonyl (C=O) groups excluding carboxylic acids is 1. The van der Waals surface area contributed by atoms with Gasteiger partial charge < -0.3 is 10.6 Å². The van der Waals surface area contributed by atoms with Crippen LogP contribution in [0.4, 0.5) is 0 Å². The highest BCUT2D eigenvalue weighted by Crippen LogP contribution is 2.29. The standard InChI is InChI=1S/C19H29N3O.ClH/c1-19(14-20)8-11-21(15-19)13-16-6-5-7-17(12-16)18(23)22-9-3-2-4-10-22;/h5-7,12H,2-4,8-11,13-15,20H2,1H3;1H. The van der Waals surface area contributed by atoms with Crippen LogP contribution in [0.25, 0.3) is 0 Å². The summed E-state index contributed by atoms with van der Waals surface area (Å²) in [5, 5.41) is 0. The zero-order valence-corrected chi connectivity index (χ0v) is 15.5. The minimum absolute atomic E-state index is 0. The minimum Gasteiger partial charge on any atom is -0.339 e. The SMILES string of the molecule is CC1(CN)CCN(Cc2cccc(C(=O)N3CCCCC3)c2)C1.Cl. The number of halogens is 1. The second-order valence-electron chi connectivity index (χ2n) is 7.53. The quantitative estimate of drug-likeness (QED) is 0.907. The number of hydrogen-bond donors (Lipinski definition) is 1. The van der Waals surface area contributed by atoms with E-state index in [4.69, 9.17) is 5.73 Å². The molecule has 1 unspecified atom stereocenters. The molecule has 0 saturated carbocycles. The lowest BCUT2D eigenvalue weighted by Crippen LogP contribution is -2.35. The van der Waals surface area contributed by atoms with Crippen molar-refractivity contribution in [3.63, 3.8) is 0 Å². The first-order valence-corrected chi connectivity index (χ1v) is 8.90. The van der Waals surface area contributed by atoms with Crippen LogP contribution in [0.2, 0.25) is 0 Å². The van der Waals surface area contributed by atoms with Crippen molar-refractivity contribution in [1.29, 1.82) is 0 Å². The van der Waals surface area contributed by atoms with Crippen LogP contribution in [0, 0.1) is 5.41 Å². The van der Waals surface area contributed by atoms with Crippen molar-refractivity contribution in [2.45, 2.75) is 39.2 Å². The van der Waals surface area contributed by atoms with Crippen LogP contribution in [0.3, 0.4) is 0 Å². The second-order valence-corrected chi connectivity index (χ2v) is 7.53. The molecule has 2 saturated heterocycles. The van der Waals surface area contributed by atoms with E-state index >= 15 is 0 Å². The van der Waals surface area contributed by atoms with Crippen molar-refractivity contribution < 1.29 is 4.79 Å². The highest BCUT2D eigenvalue weighted by atomic mass is 35.5. The summed E-state index contributed by atoms with van der Waals surface area (Å²) in [4.78, 5) is 17.1. The van der Waals surface area contributed by atoms with Gasteiger partial charge in [0.05, 0.1) is 0 Å². The van der Waals surface area contributed by atoms with Gasteiger partial charge in [0.2, 0.25) is 0 Å². The lowest BCUT2D eigenvalue weighted by molar-refractivity contribution is 0.0724. The average Bonchev–Trinajstić information content (AvgIpc) is 2.97. The Morgan fingerprint density at radius 1 is 1.21 bits per heavy atom. The molecule has 5 heteroatoms. The monoisotopic (exact) mass is 351 g/mol. The first-order valence-electron chi connectivity index (χ1n) is 8.90. The van der Waals surface area contributed by atoms with Gasteiger partial charge in [-0.3, -0.25) is 9.69 Å². The zero-order valence-electron chi connectivity index (χ0n) is 14.7. The first-order chi connectivity index (χ1) is 11.1. The van der Waals surface area contributed by atoms with Gasteiger partial charge in [-0.25, -0.2) is 0 Å². The summed E-state index contributed by atoms with van der Waals surface area (Å²) in [6.45, 7) is 7.89. The van der Waals surface area contributed by atoms with Crippen LogP contribution in [0.5, 0.6) is 0 Å². The molecule has 1 amide bonds. The number of nitrogens with two attached hydrogens (primary N) is 1. The minimum atomic E-state index is 0. The van der Waals surface area contributed by atoms with Crippen molar-refractivity contribution in [3.8, 4) is 0 Å². The number of amides is 1. The molecule has 4 nitrogen and oxygen atoms in total. The van der Waals surface area contributed by atoms with Crippen LogP contribution in [0.1, 0.15) is 48.5 Å².